The fourth-order valence-electron chi connectivity index (χ4n) is 6.98. The molecule has 0 aliphatic carbocycles. The van der Waals surface area contributed by atoms with Crippen molar-refractivity contribution in [2.75, 3.05) is 31.6 Å². The van der Waals surface area contributed by atoms with Crippen molar-refractivity contribution in [1.29, 1.82) is 0 Å². The zero-order valence-electron chi connectivity index (χ0n) is 23.2. The fourth-order valence-corrected chi connectivity index (χ4v) is 6.98. The minimum Gasteiger partial charge on any atom is -0.394 e. The third-order valence-electron chi connectivity index (χ3n) is 9.20. The number of carbonyl (C=O) groups is 3. The first kappa shape index (κ1) is 26.6. The van der Waals surface area contributed by atoms with E-state index in [9.17, 15) is 19.5 Å². The van der Waals surface area contributed by atoms with E-state index < -0.39 is 35.1 Å². The molecule has 1 aromatic rings. The Balaban J connectivity index is 1.72. The lowest BCUT2D eigenvalue weighted by Gasteiger charge is -2.41. The van der Waals surface area contributed by atoms with Crippen molar-refractivity contribution in [2.24, 2.45) is 17.8 Å². The van der Waals surface area contributed by atoms with Crippen molar-refractivity contribution >= 4 is 23.4 Å². The van der Waals surface area contributed by atoms with Gasteiger partial charge in [-0.2, -0.15) is 0 Å². The number of carbonyl (C=O) groups excluding carboxylic acids is 3. The molecule has 0 aromatic heterocycles. The first-order valence-electron chi connectivity index (χ1n) is 13.6. The lowest BCUT2D eigenvalue weighted by atomic mass is 9.74. The van der Waals surface area contributed by atoms with Gasteiger partial charge in [0.05, 0.1) is 30.1 Å². The summed E-state index contributed by atoms with van der Waals surface area (Å²) in [5.41, 5.74) is 0.379. The summed E-state index contributed by atoms with van der Waals surface area (Å²) in [6.45, 7) is 10.2. The molecule has 1 unspecified atom stereocenters. The molecule has 3 amide bonds. The summed E-state index contributed by atoms with van der Waals surface area (Å²) in [7, 11) is 1.73. The van der Waals surface area contributed by atoms with Crippen LogP contribution >= 0.6 is 0 Å². The van der Waals surface area contributed by atoms with Gasteiger partial charge in [0.25, 0.3) is 5.91 Å². The van der Waals surface area contributed by atoms with Crippen molar-refractivity contribution in [3.05, 3.63) is 53.6 Å². The third kappa shape index (κ3) is 3.67. The van der Waals surface area contributed by atoms with Gasteiger partial charge in [0.1, 0.15) is 11.6 Å². The predicted octanol–water partition coefficient (Wildman–Crippen LogP) is 2.61. The van der Waals surface area contributed by atoms with Crippen molar-refractivity contribution in [3.63, 3.8) is 0 Å². The summed E-state index contributed by atoms with van der Waals surface area (Å²) >= 11 is 0. The molecule has 8 heteroatoms. The number of likely N-dealkylation sites (tertiary alicyclic amines) is 1. The van der Waals surface area contributed by atoms with Crippen molar-refractivity contribution in [3.8, 4) is 0 Å². The third-order valence-corrected chi connectivity index (χ3v) is 9.20. The highest BCUT2D eigenvalue weighted by Gasteiger charge is 2.75. The summed E-state index contributed by atoms with van der Waals surface area (Å²) in [6.07, 6.45) is 8.25. The second kappa shape index (κ2) is 9.35. The first-order valence-corrected chi connectivity index (χ1v) is 13.6. The van der Waals surface area contributed by atoms with Gasteiger partial charge < -0.3 is 24.5 Å². The van der Waals surface area contributed by atoms with Gasteiger partial charge in [-0.15, -0.1) is 0 Å². The molecule has 204 valence electrons. The quantitative estimate of drug-likeness (QED) is 0.602. The van der Waals surface area contributed by atoms with Gasteiger partial charge in [-0.1, -0.05) is 56.7 Å². The number of aliphatic hydroxyl groups is 1. The number of benzene rings is 1. The summed E-state index contributed by atoms with van der Waals surface area (Å²) in [5.74, 6) is -2.46. The van der Waals surface area contributed by atoms with E-state index in [1.54, 1.807) is 21.7 Å². The van der Waals surface area contributed by atoms with Gasteiger partial charge in [-0.05, 0) is 43.9 Å². The van der Waals surface area contributed by atoms with Crippen LogP contribution in [0.4, 0.5) is 5.69 Å². The maximum atomic E-state index is 14.7. The average Bonchev–Trinajstić information content (AvgIpc) is 3.16. The highest BCUT2D eigenvalue weighted by atomic mass is 16.5. The zero-order chi connectivity index (χ0) is 27.6. The first-order chi connectivity index (χ1) is 18.0. The molecule has 1 aromatic carbocycles. The number of nitrogens with zero attached hydrogens (tertiary/aromatic N) is 3. The van der Waals surface area contributed by atoms with Crippen LogP contribution in [0.15, 0.2) is 42.5 Å². The number of amides is 3. The second-order valence-corrected chi connectivity index (χ2v) is 11.6. The minimum absolute atomic E-state index is 0.0622. The Morgan fingerprint density at radius 2 is 1.76 bits per heavy atom. The fraction of sp³-hybridized carbons (Fsp3) is 0.567. The molecule has 5 rings (SSSR count). The minimum atomic E-state index is -1.33. The number of anilines is 1. The van der Waals surface area contributed by atoms with Gasteiger partial charge in [-0.25, -0.2) is 0 Å². The number of rotatable bonds is 5. The van der Waals surface area contributed by atoms with Crippen LogP contribution in [-0.4, -0.2) is 82.7 Å². The Labute approximate surface area is 224 Å². The van der Waals surface area contributed by atoms with E-state index in [-0.39, 0.29) is 30.2 Å². The molecule has 38 heavy (non-hydrogen) atoms. The van der Waals surface area contributed by atoms with Crippen LogP contribution in [0.1, 0.15) is 38.3 Å². The number of fused-ring (bicyclic) bond motifs is 2. The number of likely N-dealkylation sites (N-methyl/N-ethyl adjacent to an activating group) is 1. The zero-order valence-corrected chi connectivity index (χ0v) is 23.2. The van der Waals surface area contributed by atoms with E-state index in [1.165, 1.54) is 0 Å². The van der Waals surface area contributed by atoms with Crippen LogP contribution in [0.5, 0.6) is 0 Å². The van der Waals surface area contributed by atoms with Gasteiger partial charge in [0.2, 0.25) is 11.8 Å². The van der Waals surface area contributed by atoms with Gasteiger partial charge in [0.15, 0.2) is 0 Å². The average molecular weight is 522 g/mol. The van der Waals surface area contributed by atoms with Crippen LogP contribution in [0, 0.1) is 31.6 Å². The number of aliphatic hydroxyl groups excluding tert-OH is 1. The van der Waals surface area contributed by atoms with E-state index in [0.717, 1.165) is 23.2 Å². The Kier molecular flexibility index (Phi) is 6.55. The van der Waals surface area contributed by atoms with Crippen LogP contribution in [0.25, 0.3) is 0 Å². The van der Waals surface area contributed by atoms with E-state index in [4.69, 9.17) is 4.74 Å². The molecule has 0 saturated carbocycles. The van der Waals surface area contributed by atoms with Crippen LogP contribution in [0.2, 0.25) is 0 Å². The molecular weight excluding hydrogens is 482 g/mol. The molecule has 8 nitrogen and oxygen atoms in total. The monoisotopic (exact) mass is 521 g/mol. The summed E-state index contributed by atoms with van der Waals surface area (Å²) in [5, 5.41) is 10.5. The summed E-state index contributed by atoms with van der Waals surface area (Å²) < 4.78 is 6.85. The van der Waals surface area contributed by atoms with E-state index in [2.05, 4.69) is 0 Å². The highest BCUT2D eigenvalue weighted by Crippen LogP contribution is 2.58. The Hall–Kier alpha value is -2.97. The molecule has 2 fully saturated rings. The molecular formula is C30H39N3O5. The maximum absolute atomic E-state index is 14.7. The van der Waals surface area contributed by atoms with E-state index >= 15 is 0 Å². The molecule has 0 radical (unpaired) electrons. The molecule has 7 atom stereocenters. The summed E-state index contributed by atoms with van der Waals surface area (Å²) in [6, 6.07) is 4.38. The Morgan fingerprint density at radius 3 is 2.45 bits per heavy atom. The van der Waals surface area contributed by atoms with E-state index in [0.29, 0.717) is 13.1 Å². The molecule has 1 N–H and O–H groups in total. The lowest BCUT2D eigenvalue weighted by Crippen LogP contribution is -2.60. The van der Waals surface area contributed by atoms with Crippen molar-refractivity contribution < 1.29 is 24.2 Å². The van der Waals surface area contributed by atoms with Crippen LogP contribution < -0.4 is 4.90 Å². The van der Waals surface area contributed by atoms with Gasteiger partial charge >= 0.3 is 0 Å². The summed E-state index contributed by atoms with van der Waals surface area (Å²) in [4.78, 5) is 47.8. The number of aryl methyl sites for hydroxylation is 2. The largest absolute Gasteiger partial charge is 0.394 e. The normalized spacial score (nSPS) is 34.1. The number of hydrogen-bond donors (Lipinski definition) is 1. The second-order valence-electron chi connectivity index (χ2n) is 11.6. The lowest BCUT2D eigenvalue weighted by molar-refractivity contribution is -0.152. The topological polar surface area (TPSA) is 90.4 Å². The number of hydrogen-bond acceptors (Lipinski definition) is 5. The van der Waals surface area contributed by atoms with Crippen molar-refractivity contribution in [1.82, 2.24) is 9.80 Å². The van der Waals surface area contributed by atoms with E-state index in [1.807, 2.05) is 77.1 Å². The molecule has 4 aliphatic rings. The number of ether oxygens (including phenoxy) is 1. The van der Waals surface area contributed by atoms with Crippen LogP contribution in [-0.2, 0) is 19.1 Å². The molecule has 0 bridgehead atoms. The SMILES string of the molecule is CC[C@H](C)[C@H](CO)N1C(=O)[C@@H]2[C@H]3C(=O)N(C)CC=C[C@@]3(C)O[C@@]23C=CCN(c2cc(C)ccc2C)C(=O)C13. The smallest absolute Gasteiger partial charge is 0.253 e. The molecule has 4 heterocycles. The van der Waals surface area contributed by atoms with Gasteiger partial charge in [0, 0.05) is 25.8 Å². The van der Waals surface area contributed by atoms with Crippen LogP contribution in [0.3, 0.4) is 0 Å². The molecule has 4 aliphatic heterocycles. The van der Waals surface area contributed by atoms with Crippen molar-refractivity contribution in [2.45, 2.75) is 64.3 Å². The molecule has 1 spiro atoms. The predicted molar refractivity (Wildman–Crippen MR) is 144 cm³/mol. The maximum Gasteiger partial charge on any atom is 0.253 e. The highest BCUT2D eigenvalue weighted by molar-refractivity contribution is 6.06. The Bertz CT molecular complexity index is 1230. The van der Waals surface area contributed by atoms with Gasteiger partial charge in [-0.3, -0.25) is 14.4 Å². The standard InChI is InChI=1S/C30H39N3O5/c1-7-19(3)22(17-34)33-25-28(37)32(21-16-18(2)10-11-20(21)4)15-9-13-30(25)24(27(33)36)23-26(35)31(6)14-8-12-29(23,5)38-30/h8-13,16,19,22-25,34H,7,14-15,17H2,1-6H3/t19-,22-,23-,24-,25?,29+,30-/m0/s1. The molecule has 2 saturated heterocycles. The Morgan fingerprint density at radius 1 is 1.05 bits per heavy atom.